The van der Waals surface area contributed by atoms with Crippen LogP contribution < -0.4 is 10.2 Å². The number of carboxylic acid groups (broad SMARTS) is 2. The summed E-state index contributed by atoms with van der Waals surface area (Å²) in [5.41, 5.74) is -3.47. The Morgan fingerprint density at radius 1 is 0.774 bits per heavy atom. The first-order valence-electron chi connectivity index (χ1n) is 11.2. The predicted molar refractivity (Wildman–Crippen MR) is 106 cm³/mol. The lowest BCUT2D eigenvalue weighted by Crippen LogP contribution is -2.59. The Morgan fingerprint density at radius 3 is 1.42 bits per heavy atom. The highest BCUT2D eigenvalue weighted by atomic mass is 16.5. The van der Waals surface area contributed by atoms with E-state index in [-0.39, 0.29) is 12.2 Å². The number of ether oxygens (including phenoxy) is 2. The Balaban J connectivity index is 2.32. The summed E-state index contributed by atoms with van der Waals surface area (Å²) >= 11 is 0. The van der Waals surface area contributed by atoms with Crippen molar-refractivity contribution in [1.29, 1.82) is 0 Å². The van der Waals surface area contributed by atoms with E-state index in [1.165, 1.54) is 13.8 Å². The number of hydrogen-bond donors (Lipinski definition) is 0. The largest absolute Gasteiger partial charge is 0.549 e. The van der Waals surface area contributed by atoms with Gasteiger partial charge >= 0.3 is 11.9 Å². The lowest BCUT2D eigenvalue weighted by molar-refractivity contribution is -0.326. The van der Waals surface area contributed by atoms with Gasteiger partial charge in [-0.15, -0.1) is 0 Å². The maximum Gasteiger partial charge on any atom is 0.310 e. The van der Waals surface area contributed by atoms with Crippen LogP contribution in [-0.2, 0) is 28.7 Å². The molecule has 0 saturated heterocycles. The number of esters is 2. The molecule has 8 heteroatoms. The lowest BCUT2D eigenvalue weighted by atomic mass is 9.63. The normalized spacial score (nSPS) is 21.9. The van der Waals surface area contributed by atoms with Gasteiger partial charge < -0.3 is 29.3 Å². The summed E-state index contributed by atoms with van der Waals surface area (Å²) < 4.78 is 11.0. The van der Waals surface area contributed by atoms with Crippen LogP contribution in [0.3, 0.4) is 0 Å². The van der Waals surface area contributed by atoms with Gasteiger partial charge in [0.1, 0.15) is 12.2 Å². The molecule has 2 rings (SSSR count). The second-order valence-corrected chi connectivity index (χ2v) is 8.76. The molecular formula is C23H32O8-2. The van der Waals surface area contributed by atoms with Crippen molar-refractivity contribution < 1.29 is 38.9 Å². The van der Waals surface area contributed by atoms with E-state index < -0.39 is 46.7 Å². The topological polar surface area (TPSA) is 133 Å². The van der Waals surface area contributed by atoms with E-state index in [1.54, 1.807) is 0 Å². The van der Waals surface area contributed by atoms with E-state index in [0.717, 1.165) is 38.5 Å². The van der Waals surface area contributed by atoms with Crippen molar-refractivity contribution in [2.24, 2.45) is 17.3 Å². The zero-order chi connectivity index (χ0) is 23.2. The molecule has 2 atom stereocenters. The average Bonchev–Trinajstić information content (AvgIpc) is 2.74. The van der Waals surface area contributed by atoms with E-state index in [0.29, 0.717) is 25.7 Å². The minimum absolute atomic E-state index is 0.371. The number of carbonyl (C=O) groups excluding carboxylic acids is 4. The van der Waals surface area contributed by atoms with Gasteiger partial charge in [0.15, 0.2) is 0 Å². The van der Waals surface area contributed by atoms with Crippen molar-refractivity contribution in [1.82, 2.24) is 0 Å². The fourth-order valence-electron chi connectivity index (χ4n) is 4.81. The standard InChI is InChI=1S/C23H34O8/c1-14(19(24)25)23(22(28)29,15(2)20(26)30-17-10-6-4-7-11-17)16(3)21(27)31-18-12-8-5-9-13-18/h15-18H,1,4-13H2,2-3H3,(H,24,25)(H,28,29)/p-2. The fraction of sp³-hybridized carbons (Fsp3) is 0.739. The molecule has 2 unspecified atom stereocenters. The highest BCUT2D eigenvalue weighted by molar-refractivity contribution is 6.00. The van der Waals surface area contributed by atoms with Crippen molar-refractivity contribution in [3.63, 3.8) is 0 Å². The van der Waals surface area contributed by atoms with Crippen molar-refractivity contribution in [3.8, 4) is 0 Å². The monoisotopic (exact) mass is 436 g/mol. The van der Waals surface area contributed by atoms with Crippen LogP contribution in [-0.4, -0.2) is 36.1 Å². The van der Waals surface area contributed by atoms with Crippen molar-refractivity contribution >= 4 is 23.9 Å². The molecule has 2 aliphatic rings. The number of rotatable bonds is 9. The zero-order valence-corrected chi connectivity index (χ0v) is 18.4. The first kappa shape index (κ1) is 24.9. The molecule has 0 spiro atoms. The van der Waals surface area contributed by atoms with Gasteiger partial charge in [-0.1, -0.05) is 33.3 Å². The Kier molecular flexibility index (Phi) is 8.65. The van der Waals surface area contributed by atoms with Crippen LogP contribution in [0, 0.1) is 17.3 Å². The molecule has 0 radical (unpaired) electrons. The summed E-state index contributed by atoms with van der Waals surface area (Å²) in [5.74, 6) is -8.68. The first-order valence-corrected chi connectivity index (χ1v) is 11.2. The summed E-state index contributed by atoms with van der Waals surface area (Å²) in [6.07, 6.45) is 7.44. The van der Waals surface area contributed by atoms with Crippen LogP contribution in [0.25, 0.3) is 0 Å². The van der Waals surface area contributed by atoms with Crippen molar-refractivity contribution in [3.05, 3.63) is 12.2 Å². The molecular weight excluding hydrogens is 404 g/mol. The second-order valence-electron chi connectivity index (χ2n) is 8.76. The number of hydrogen-bond acceptors (Lipinski definition) is 8. The highest BCUT2D eigenvalue weighted by Crippen LogP contribution is 2.44. The Labute approximate surface area is 183 Å². The Bertz CT molecular complexity index is 662. The molecule has 174 valence electrons. The predicted octanol–water partition coefficient (Wildman–Crippen LogP) is 1.05. The van der Waals surface area contributed by atoms with Gasteiger partial charge in [0, 0.05) is 0 Å². The van der Waals surface area contributed by atoms with Gasteiger partial charge in [0.2, 0.25) is 0 Å². The highest BCUT2D eigenvalue weighted by Gasteiger charge is 2.53. The summed E-state index contributed by atoms with van der Waals surface area (Å²) in [7, 11) is 0. The Hall–Kier alpha value is -2.38. The van der Waals surface area contributed by atoms with E-state index >= 15 is 0 Å². The maximum atomic E-state index is 12.9. The number of aliphatic carboxylic acids is 2. The minimum Gasteiger partial charge on any atom is -0.549 e. The molecule has 31 heavy (non-hydrogen) atoms. The van der Waals surface area contributed by atoms with Crippen LogP contribution in [0.15, 0.2) is 12.2 Å². The van der Waals surface area contributed by atoms with Gasteiger partial charge in [-0.3, -0.25) is 9.59 Å². The van der Waals surface area contributed by atoms with Gasteiger partial charge in [-0.05, 0) is 56.9 Å². The molecule has 2 saturated carbocycles. The van der Waals surface area contributed by atoms with Gasteiger partial charge in [0.25, 0.3) is 0 Å². The van der Waals surface area contributed by atoms with Crippen LogP contribution in [0.4, 0.5) is 0 Å². The van der Waals surface area contributed by atoms with Crippen molar-refractivity contribution in [2.75, 3.05) is 0 Å². The SMILES string of the molecule is C=C(C(=O)[O-])C(C(=O)[O-])(C(C)C(=O)OC1CCCCC1)C(C)C(=O)OC1CCCCC1. The second kappa shape index (κ2) is 10.8. The summed E-state index contributed by atoms with van der Waals surface area (Å²) in [5, 5.41) is 24.0. The molecule has 0 aliphatic heterocycles. The van der Waals surface area contributed by atoms with Crippen LogP contribution in [0.1, 0.15) is 78.1 Å². The summed E-state index contributed by atoms with van der Waals surface area (Å²) in [4.78, 5) is 49.8. The minimum atomic E-state index is -2.56. The molecule has 0 aromatic heterocycles. The third-order valence-electron chi connectivity index (χ3n) is 6.83. The summed E-state index contributed by atoms with van der Waals surface area (Å²) in [6, 6.07) is 0. The number of carboxylic acids is 2. The maximum absolute atomic E-state index is 12.9. The first-order chi connectivity index (χ1) is 14.6. The van der Waals surface area contributed by atoms with Gasteiger partial charge in [-0.25, -0.2) is 0 Å². The van der Waals surface area contributed by atoms with E-state index in [9.17, 15) is 29.4 Å². The molecule has 0 aromatic carbocycles. The fourth-order valence-corrected chi connectivity index (χ4v) is 4.81. The molecule has 8 nitrogen and oxygen atoms in total. The quantitative estimate of drug-likeness (QED) is 0.387. The summed E-state index contributed by atoms with van der Waals surface area (Å²) in [6.45, 7) is 5.79. The molecule has 2 aliphatic carbocycles. The molecule has 0 N–H and O–H groups in total. The van der Waals surface area contributed by atoms with E-state index in [2.05, 4.69) is 6.58 Å². The van der Waals surface area contributed by atoms with E-state index in [4.69, 9.17) is 9.47 Å². The molecule has 2 fully saturated rings. The van der Waals surface area contributed by atoms with Crippen LogP contribution in [0.2, 0.25) is 0 Å². The van der Waals surface area contributed by atoms with Crippen LogP contribution >= 0.6 is 0 Å². The lowest BCUT2D eigenvalue weighted by Gasteiger charge is -2.44. The molecule has 0 amide bonds. The molecule has 0 heterocycles. The van der Waals surface area contributed by atoms with Crippen LogP contribution in [0.5, 0.6) is 0 Å². The average molecular weight is 437 g/mol. The molecule has 0 bridgehead atoms. The van der Waals surface area contributed by atoms with E-state index in [1.807, 2.05) is 0 Å². The third kappa shape index (κ3) is 5.46. The van der Waals surface area contributed by atoms with Gasteiger partial charge in [0.05, 0.1) is 29.2 Å². The zero-order valence-electron chi connectivity index (χ0n) is 18.4. The molecule has 0 aromatic rings. The number of carbonyl (C=O) groups is 4. The third-order valence-corrected chi connectivity index (χ3v) is 6.83. The van der Waals surface area contributed by atoms with Crippen molar-refractivity contribution in [2.45, 2.75) is 90.3 Å². The Morgan fingerprint density at radius 2 is 1.13 bits per heavy atom. The smallest absolute Gasteiger partial charge is 0.310 e. The van der Waals surface area contributed by atoms with Gasteiger partial charge in [-0.2, -0.15) is 0 Å².